The first-order valence-electron chi connectivity index (χ1n) is 22.5. The highest BCUT2D eigenvalue weighted by Crippen LogP contribution is 2.58. The largest absolute Gasteiger partial charge is 0.475 e. The fraction of sp³-hybridized carbons (Fsp3) is 0.571. The van der Waals surface area contributed by atoms with Gasteiger partial charge in [-0.1, -0.05) is 59.7 Å². The molecule has 1 aromatic carbocycles. The van der Waals surface area contributed by atoms with Crippen molar-refractivity contribution in [2.75, 3.05) is 25.1 Å². The Bertz CT molecular complexity index is 2920. The molecule has 1 amide bonds. The molecule has 5 aromatic rings. The number of aromatic nitrogens is 8. The van der Waals surface area contributed by atoms with Crippen LogP contribution in [0.4, 0.5) is 5.82 Å². The van der Waals surface area contributed by atoms with Gasteiger partial charge in [-0.25, -0.2) is 34.0 Å². The van der Waals surface area contributed by atoms with Gasteiger partial charge in [-0.2, -0.15) is 5.26 Å². The molecule has 8 rings (SSSR count). The Morgan fingerprint density at radius 2 is 1.46 bits per heavy atom. The number of carbonyl (C=O) groups is 1. The van der Waals surface area contributed by atoms with E-state index in [4.69, 9.17) is 40.9 Å². The van der Waals surface area contributed by atoms with Gasteiger partial charge in [0.05, 0.1) is 51.3 Å². The lowest BCUT2D eigenvalue weighted by Crippen LogP contribution is -2.50. The maximum Gasteiger partial charge on any atom is 0.475 e. The van der Waals surface area contributed by atoms with E-state index in [0.717, 1.165) is 0 Å². The number of hydrogen-bond acceptors (Lipinski definition) is 19. The Balaban J connectivity index is 1.22. The molecule has 7 heterocycles. The third-order valence-corrected chi connectivity index (χ3v) is 24.8. The van der Waals surface area contributed by atoms with E-state index >= 15 is 4.57 Å². The number of fused-ring (bicyclic) bond motifs is 5. The van der Waals surface area contributed by atoms with Gasteiger partial charge in [0.1, 0.15) is 43.0 Å². The summed E-state index contributed by atoms with van der Waals surface area (Å²) in [6.07, 6.45) is -5.64. The lowest BCUT2D eigenvalue weighted by atomic mass is 10.1. The molecule has 0 radical (unpaired) electrons. The van der Waals surface area contributed by atoms with E-state index in [2.05, 4.69) is 35.2 Å². The molecule has 0 saturated carbocycles. The molecule has 10 atom stereocenters. The number of aromatic amines is 1. The average Bonchev–Trinajstić information content (AvgIpc) is 4.06. The Morgan fingerprint density at radius 1 is 0.843 bits per heavy atom. The van der Waals surface area contributed by atoms with Crippen LogP contribution < -0.4 is 10.9 Å². The molecule has 2 bridgehead atoms. The summed E-state index contributed by atoms with van der Waals surface area (Å²) in [5.74, 6) is -0.347. The van der Waals surface area contributed by atoms with Gasteiger partial charge in [-0.3, -0.25) is 41.3 Å². The first kappa shape index (κ1) is 51.9. The van der Waals surface area contributed by atoms with Crippen LogP contribution in [0.15, 0.2) is 60.4 Å². The number of nitrogens with zero attached hydrogens (tertiary/aromatic N) is 8. The number of amides is 1. The highest BCUT2D eigenvalue weighted by atomic mass is 31.2. The number of anilines is 1. The van der Waals surface area contributed by atoms with Gasteiger partial charge in [0.2, 0.25) is 0 Å². The van der Waals surface area contributed by atoms with Crippen molar-refractivity contribution in [2.24, 2.45) is 0 Å². The van der Waals surface area contributed by atoms with Crippen molar-refractivity contribution in [3.05, 3.63) is 71.6 Å². The van der Waals surface area contributed by atoms with Gasteiger partial charge in [0.25, 0.3) is 11.5 Å². The highest BCUT2D eigenvalue weighted by molar-refractivity contribution is 7.48. The molecule has 6 unspecified atom stereocenters. The van der Waals surface area contributed by atoms with E-state index in [1.54, 1.807) is 30.3 Å². The van der Waals surface area contributed by atoms with Gasteiger partial charge < -0.3 is 33.5 Å². The van der Waals surface area contributed by atoms with Gasteiger partial charge in [0.15, 0.2) is 57.2 Å². The van der Waals surface area contributed by atoms with Gasteiger partial charge in [-0.15, -0.1) is 0 Å². The molecule has 0 spiro atoms. The van der Waals surface area contributed by atoms with Gasteiger partial charge in [-0.05, 0) is 48.4 Å². The average molecular weight is 1050 g/mol. The van der Waals surface area contributed by atoms with Crippen LogP contribution in [0.3, 0.4) is 0 Å². The molecule has 24 nitrogen and oxygen atoms in total. The number of rotatable bonds is 11. The first-order valence-corrected chi connectivity index (χ1v) is 31.3. The van der Waals surface area contributed by atoms with E-state index in [1.165, 1.54) is 34.4 Å². The number of carbonyl (C=O) groups excluding carboxylic acids is 1. The summed E-state index contributed by atoms with van der Waals surface area (Å²) >= 11 is 0. The molecule has 0 aliphatic carbocycles. The zero-order valence-electron chi connectivity index (χ0n) is 40.4. The smallest absolute Gasteiger partial charge is 0.408 e. The topological polar surface area (TPSA) is 298 Å². The second-order valence-corrected chi connectivity index (χ2v) is 32.7. The van der Waals surface area contributed by atoms with Crippen LogP contribution in [0, 0.1) is 11.3 Å². The van der Waals surface area contributed by atoms with Crippen LogP contribution >= 0.6 is 15.6 Å². The molecule has 3 saturated heterocycles. The summed E-state index contributed by atoms with van der Waals surface area (Å²) in [6.45, 7) is 18.2. The first-order chi connectivity index (χ1) is 32.8. The number of nitrogens with one attached hydrogen (secondary N) is 2. The van der Waals surface area contributed by atoms with E-state index in [-0.39, 0.29) is 34.6 Å². The number of benzene rings is 1. The third kappa shape index (κ3) is 10.6. The van der Waals surface area contributed by atoms with Crippen LogP contribution in [0.25, 0.3) is 22.3 Å². The predicted octanol–water partition coefficient (Wildman–Crippen LogP) is 6.74. The summed E-state index contributed by atoms with van der Waals surface area (Å²) in [5, 5.41) is 11.5. The molecule has 3 aliphatic rings. The Morgan fingerprint density at radius 3 is 2.13 bits per heavy atom. The number of phosphoric ester groups is 2. The summed E-state index contributed by atoms with van der Waals surface area (Å²) in [6, 6.07) is 10.5. The van der Waals surface area contributed by atoms with E-state index in [1.807, 2.05) is 73.8 Å². The van der Waals surface area contributed by atoms with Crippen LogP contribution in [0.1, 0.15) is 70.8 Å². The molecule has 3 fully saturated rings. The molecule has 3 N–H and O–H groups in total. The SMILES string of the molecule is CC(C)(C)[Si](C)(C)O[C@@H]1C2COP(=O)(OCCC#N)O[C@@H]3C(COP(=O)(O)O[C@H]1C(n1cnc4c(=O)[nH]cnc41)O2)OC(n1cnc2c(NC(=O)c4ccccc4)ncnc21)[C@@H]3O[Si](C)(C)C(C)(C)C. The number of ether oxygens (including phenoxy) is 2. The van der Waals surface area contributed by atoms with Crippen molar-refractivity contribution in [2.45, 2.75) is 133 Å². The van der Waals surface area contributed by atoms with Crippen molar-refractivity contribution in [3.8, 4) is 6.07 Å². The summed E-state index contributed by atoms with van der Waals surface area (Å²) in [7, 11) is -15.7. The molecule has 3 aliphatic heterocycles. The predicted molar refractivity (Wildman–Crippen MR) is 255 cm³/mol. The molecule has 70 heavy (non-hydrogen) atoms. The van der Waals surface area contributed by atoms with Crippen LogP contribution in [0.5, 0.6) is 0 Å². The van der Waals surface area contributed by atoms with Crippen LogP contribution in [-0.4, -0.2) is 123 Å². The Labute approximate surface area is 405 Å². The maximum atomic E-state index is 15.3. The van der Waals surface area contributed by atoms with Crippen molar-refractivity contribution >= 4 is 66.3 Å². The minimum atomic E-state index is -5.20. The van der Waals surface area contributed by atoms with E-state index < -0.39 is 123 Å². The number of nitriles is 1. The van der Waals surface area contributed by atoms with Gasteiger partial charge in [0, 0.05) is 5.56 Å². The standard InChI is InChI=1S/C42H58N10O14P2Si2/c1-41(2,3)69(7,8)65-31-27-20-60-68(57,58-18-14-17-43)64-30-26(19-59-67(55,56)63-32(31)39(62-27)52-24-49-29-36(52)46-22-47-38(29)54)61-40(33(30)66-70(9,10)42(4,5)6)51-23-48-28-34(44-21-45-35(28)51)50-37(53)25-15-12-11-13-16-25/h11-13,15-16,21-24,26-27,30-33,39-40H,14,18-20H2,1-10H3,(H,55,56)(H,46,47,54)(H,44,45,50,53)/t26?,27?,30-,31-,32-,33-,39?,40?,68?/m1/s1. The van der Waals surface area contributed by atoms with Crippen molar-refractivity contribution in [1.82, 2.24) is 39.0 Å². The van der Waals surface area contributed by atoms with E-state index in [0.29, 0.717) is 5.56 Å². The molecular weight excluding hydrogens is 987 g/mol. The summed E-state index contributed by atoms with van der Waals surface area (Å²) in [4.78, 5) is 62.2. The van der Waals surface area contributed by atoms with Crippen LogP contribution in [0.2, 0.25) is 36.3 Å². The van der Waals surface area contributed by atoms with Crippen molar-refractivity contribution in [3.63, 3.8) is 0 Å². The fourth-order valence-electron chi connectivity index (χ4n) is 7.59. The molecule has 4 aromatic heterocycles. The minimum Gasteiger partial charge on any atom is -0.408 e. The number of hydrogen-bond donors (Lipinski definition) is 3. The Kier molecular flexibility index (Phi) is 14.5. The second kappa shape index (κ2) is 19.5. The summed E-state index contributed by atoms with van der Waals surface area (Å²) < 4.78 is 90.6. The zero-order valence-corrected chi connectivity index (χ0v) is 44.2. The number of H-pyrrole nitrogens is 1. The third-order valence-electron chi connectivity index (χ3n) is 13.4. The molecule has 28 heteroatoms. The number of phosphoric acid groups is 2. The van der Waals surface area contributed by atoms with Crippen molar-refractivity contribution in [1.29, 1.82) is 5.26 Å². The van der Waals surface area contributed by atoms with Gasteiger partial charge >= 0.3 is 15.6 Å². The van der Waals surface area contributed by atoms with Crippen molar-refractivity contribution < 1.29 is 59.8 Å². The quantitative estimate of drug-likeness (QED) is 0.0700. The normalized spacial score (nSPS) is 29.2. The second-order valence-electron chi connectivity index (χ2n) is 20.1. The molecular formula is C42H58N10O14P2Si2. The van der Waals surface area contributed by atoms with Crippen LogP contribution in [-0.2, 0) is 50.1 Å². The lowest BCUT2D eigenvalue weighted by molar-refractivity contribution is -0.0687. The minimum absolute atomic E-state index is 0.0493. The Hall–Kier alpha value is -4.43. The molecule has 378 valence electrons. The fourth-order valence-corrected chi connectivity index (χ4v) is 12.5. The maximum absolute atomic E-state index is 15.3. The lowest BCUT2D eigenvalue weighted by Gasteiger charge is -2.41. The summed E-state index contributed by atoms with van der Waals surface area (Å²) in [5.41, 5.74) is 0.219. The van der Waals surface area contributed by atoms with E-state index in [9.17, 15) is 24.3 Å². The monoisotopic (exact) mass is 1040 g/mol. The highest BCUT2D eigenvalue weighted by Gasteiger charge is 2.58. The number of imidazole rings is 2. The zero-order chi connectivity index (χ0) is 50.6.